The lowest BCUT2D eigenvalue weighted by atomic mass is 9.98. The molecule has 0 radical (unpaired) electrons. The van der Waals surface area contributed by atoms with Crippen LogP contribution in [0.1, 0.15) is 70.6 Å². The van der Waals surface area contributed by atoms with Gasteiger partial charge in [-0.1, -0.05) is 38.7 Å². The van der Waals surface area contributed by atoms with Crippen LogP contribution >= 0.6 is 0 Å². The molecule has 0 fully saturated rings. The normalized spacial score (nSPS) is 13.6. The number of rotatable bonds is 15. The summed E-state index contributed by atoms with van der Waals surface area (Å²) in [6.07, 6.45) is -7.32. The van der Waals surface area contributed by atoms with Gasteiger partial charge >= 0.3 is 12.1 Å². The van der Waals surface area contributed by atoms with E-state index in [2.05, 4.69) is 6.58 Å². The first kappa shape index (κ1) is 26.8. The van der Waals surface area contributed by atoms with Gasteiger partial charge in [0, 0.05) is 12.8 Å². The second-order valence-corrected chi connectivity index (χ2v) is 6.91. The van der Waals surface area contributed by atoms with Gasteiger partial charge < -0.3 is 0 Å². The molecule has 0 atom stereocenters. The van der Waals surface area contributed by atoms with E-state index in [1.807, 2.05) is 0 Å². The molecular formula is C18H25F9O. The highest BCUT2D eigenvalue weighted by molar-refractivity contribution is 5.88. The first-order chi connectivity index (χ1) is 12.6. The van der Waals surface area contributed by atoms with Crippen LogP contribution in [0.25, 0.3) is 0 Å². The van der Waals surface area contributed by atoms with Gasteiger partial charge in [-0.2, -0.15) is 22.0 Å². The van der Waals surface area contributed by atoms with Gasteiger partial charge in [0.15, 0.2) is 5.78 Å². The predicted molar refractivity (Wildman–Crippen MR) is 86.9 cm³/mol. The zero-order chi connectivity index (χ0) is 22.1. The quantitative estimate of drug-likeness (QED) is 0.150. The van der Waals surface area contributed by atoms with E-state index < -0.39 is 43.2 Å². The number of allylic oxidation sites excluding steroid dienone is 1. The molecule has 0 aromatic heterocycles. The summed E-state index contributed by atoms with van der Waals surface area (Å²) >= 11 is 0. The van der Waals surface area contributed by atoms with Crippen molar-refractivity contribution in [2.45, 2.75) is 94.6 Å². The fourth-order valence-electron chi connectivity index (χ4n) is 2.62. The maximum absolute atomic E-state index is 13.5. The number of alkyl halides is 9. The van der Waals surface area contributed by atoms with E-state index in [4.69, 9.17) is 0 Å². The maximum atomic E-state index is 13.5. The monoisotopic (exact) mass is 428 g/mol. The Bertz CT molecular complexity index is 484. The molecule has 0 aliphatic carbocycles. The number of ketones is 1. The van der Waals surface area contributed by atoms with Crippen molar-refractivity contribution in [2.24, 2.45) is 0 Å². The van der Waals surface area contributed by atoms with Gasteiger partial charge in [-0.15, -0.1) is 0 Å². The van der Waals surface area contributed by atoms with Gasteiger partial charge in [0.1, 0.15) is 0 Å². The molecule has 0 spiro atoms. The first-order valence-electron chi connectivity index (χ1n) is 8.97. The Hall–Kier alpha value is -1.22. The summed E-state index contributed by atoms with van der Waals surface area (Å²) in [6, 6.07) is 0. The van der Waals surface area contributed by atoms with E-state index in [-0.39, 0.29) is 12.2 Å². The van der Waals surface area contributed by atoms with E-state index in [9.17, 15) is 44.3 Å². The minimum absolute atomic E-state index is 0.0629. The van der Waals surface area contributed by atoms with Gasteiger partial charge in [0.2, 0.25) is 0 Å². The van der Waals surface area contributed by atoms with Crippen molar-refractivity contribution >= 4 is 5.78 Å². The summed E-state index contributed by atoms with van der Waals surface area (Å²) in [5.74, 6) is -14.7. The van der Waals surface area contributed by atoms with Crippen LogP contribution in [0.5, 0.6) is 0 Å². The van der Waals surface area contributed by atoms with Crippen molar-refractivity contribution < 1.29 is 44.3 Å². The average Bonchev–Trinajstić information content (AvgIpc) is 2.49. The molecule has 10 heteroatoms. The van der Waals surface area contributed by atoms with Crippen LogP contribution in [-0.4, -0.2) is 29.7 Å². The number of carbonyl (C=O) groups is 1. The minimum atomic E-state index is -6.22. The molecule has 0 unspecified atom stereocenters. The van der Waals surface area contributed by atoms with Crippen molar-refractivity contribution in [2.75, 3.05) is 0 Å². The fourth-order valence-corrected chi connectivity index (χ4v) is 2.62. The smallest absolute Gasteiger partial charge is 0.295 e. The molecule has 0 heterocycles. The molecular weight excluding hydrogens is 403 g/mol. The molecule has 0 aromatic rings. The maximum Gasteiger partial charge on any atom is 0.453 e. The molecule has 0 bridgehead atoms. The molecule has 0 aromatic carbocycles. The fraction of sp³-hybridized carbons (Fsp3) is 0.833. The van der Waals surface area contributed by atoms with Crippen molar-refractivity contribution in [1.82, 2.24) is 0 Å². The van der Waals surface area contributed by atoms with Crippen molar-refractivity contribution in [1.29, 1.82) is 0 Å². The average molecular weight is 428 g/mol. The van der Waals surface area contributed by atoms with Crippen LogP contribution in [0.4, 0.5) is 39.5 Å². The van der Waals surface area contributed by atoms with Crippen LogP contribution < -0.4 is 0 Å². The molecule has 0 N–H and O–H groups in total. The van der Waals surface area contributed by atoms with Crippen molar-refractivity contribution in [3.63, 3.8) is 0 Å². The molecule has 0 amide bonds. The van der Waals surface area contributed by atoms with E-state index in [1.54, 1.807) is 0 Å². The molecule has 0 saturated heterocycles. The first-order valence-corrected chi connectivity index (χ1v) is 8.97. The second kappa shape index (κ2) is 11.1. The van der Waals surface area contributed by atoms with Gasteiger partial charge in [-0.3, -0.25) is 4.79 Å². The lowest BCUT2D eigenvalue weighted by molar-refractivity contribution is -0.304. The summed E-state index contributed by atoms with van der Waals surface area (Å²) in [4.78, 5) is 11.0. The number of hydrogen-bond acceptors (Lipinski definition) is 1. The van der Waals surface area contributed by atoms with Crippen LogP contribution in [0.2, 0.25) is 0 Å². The minimum Gasteiger partial charge on any atom is -0.295 e. The Balaban J connectivity index is 4.10. The van der Waals surface area contributed by atoms with E-state index in [1.165, 1.54) is 6.08 Å². The van der Waals surface area contributed by atoms with E-state index in [0.29, 0.717) is 32.1 Å². The second-order valence-electron chi connectivity index (χ2n) is 6.91. The standard InChI is InChI=1S/C18H25F9O/c1-2-14(28)10-8-6-4-3-5-7-9-11-15(19,20)12-16(21,22)13-17(23,24)18(25,26)27/h2H,1,3-13H2. The summed E-state index contributed by atoms with van der Waals surface area (Å²) in [6.45, 7) is 3.33. The van der Waals surface area contributed by atoms with Gasteiger partial charge in [-0.25, -0.2) is 17.6 Å². The van der Waals surface area contributed by atoms with Gasteiger partial charge in [-0.05, 0) is 18.9 Å². The third-order valence-electron chi connectivity index (χ3n) is 4.11. The molecule has 1 nitrogen and oxygen atoms in total. The highest BCUT2D eigenvalue weighted by Crippen LogP contribution is 2.46. The Morgan fingerprint density at radius 1 is 0.679 bits per heavy atom. The van der Waals surface area contributed by atoms with Crippen LogP contribution in [0, 0.1) is 0 Å². The molecule has 0 aliphatic rings. The SMILES string of the molecule is C=CC(=O)CCCCCCCCCC(F)(F)CC(F)(F)CC(F)(F)C(F)(F)F. The van der Waals surface area contributed by atoms with Gasteiger partial charge in [0.05, 0.1) is 12.8 Å². The van der Waals surface area contributed by atoms with E-state index in [0.717, 1.165) is 12.8 Å². The largest absolute Gasteiger partial charge is 0.453 e. The summed E-state index contributed by atoms with van der Waals surface area (Å²) < 4.78 is 115. The Morgan fingerprint density at radius 3 is 1.61 bits per heavy atom. The number of carbonyl (C=O) groups excluding carboxylic acids is 1. The Labute approximate surface area is 158 Å². The van der Waals surface area contributed by atoms with Gasteiger partial charge in [0.25, 0.3) is 11.8 Å². The zero-order valence-corrected chi connectivity index (χ0v) is 15.4. The third kappa shape index (κ3) is 11.6. The van der Waals surface area contributed by atoms with Crippen LogP contribution in [0.3, 0.4) is 0 Å². The number of hydrogen-bond donors (Lipinski definition) is 0. The van der Waals surface area contributed by atoms with Crippen LogP contribution in [-0.2, 0) is 4.79 Å². The van der Waals surface area contributed by atoms with Crippen LogP contribution in [0.15, 0.2) is 12.7 Å². The van der Waals surface area contributed by atoms with E-state index >= 15 is 0 Å². The predicted octanol–water partition coefficient (Wildman–Crippen LogP) is 7.50. The lowest BCUT2D eigenvalue weighted by Crippen LogP contribution is -2.43. The summed E-state index contributed by atoms with van der Waals surface area (Å²) in [7, 11) is 0. The topological polar surface area (TPSA) is 17.1 Å². The Morgan fingerprint density at radius 2 is 1.14 bits per heavy atom. The molecule has 0 saturated carbocycles. The van der Waals surface area contributed by atoms with Crippen molar-refractivity contribution in [3.05, 3.63) is 12.7 Å². The highest BCUT2D eigenvalue weighted by Gasteiger charge is 2.62. The summed E-state index contributed by atoms with van der Waals surface area (Å²) in [5, 5.41) is 0. The molecule has 28 heavy (non-hydrogen) atoms. The molecule has 0 aliphatic heterocycles. The van der Waals surface area contributed by atoms with Crippen molar-refractivity contribution in [3.8, 4) is 0 Å². The Kier molecular flexibility index (Phi) is 10.6. The number of halogens is 9. The third-order valence-corrected chi connectivity index (χ3v) is 4.11. The number of unbranched alkanes of at least 4 members (excludes halogenated alkanes) is 6. The lowest BCUT2D eigenvalue weighted by Gasteiger charge is -2.27. The molecule has 0 rings (SSSR count). The highest BCUT2D eigenvalue weighted by atomic mass is 19.4. The molecule has 166 valence electrons. The zero-order valence-electron chi connectivity index (χ0n) is 15.4. The summed E-state index contributed by atoms with van der Waals surface area (Å²) in [5.41, 5.74) is 0.